The summed E-state index contributed by atoms with van der Waals surface area (Å²) in [7, 11) is 3.17. The topological polar surface area (TPSA) is 71.5 Å². The molecule has 1 aromatic heterocycles. The molecule has 3 rings (SSSR count). The Morgan fingerprint density at radius 3 is 2.94 bits per heavy atom. The minimum Gasteiger partial charge on any atom is -0.497 e. The van der Waals surface area contributed by atoms with Gasteiger partial charge in [0.2, 0.25) is 5.91 Å². The maximum Gasteiger partial charge on any atom is 0.237 e. The largest absolute Gasteiger partial charge is 0.497 e. The number of amides is 1. The van der Waals surface area contributed by atoms with Gasteiger partial charge in [0.15, 0.2) is 0 Å². The monoisotopic (exact) mass is 460 g/mol. The number of carbonyl (C=O) groups is 1. The summed E-state index contributed by atoms with van der Waals surface area (Å²) in [4.78, 5) is 18.4. The van der Waals surface area contributed by atoms with E-state index in [1.165, 1.54) is 4.88 Å². The van der Waals surface area contributed by atoms with Crippen LogP contribution >= 0.6 is 11.3 Å². The van der Waals surface area contributed by atoms with Crippen LogP contribution < -0.4 is 9.47 Å². The lowest BCUT2D eigenvalue weighted by molar-refractivity contribution is -0.136. The fourth-order valence-corrected chi connectivity index (χ4v) is 4.88. The fourth-order valence-electron chi connectivity index (χ4n) is 3.95. The minimum atomic E-state index is -0.662. The first-order chi connectivity index (χ1) is 15.5. The van der Waals surface area contributed by atoms with E-state index in [9.17, 15) is 9.90 Å². The number of hydrogen-bond donors (Lipinski definition) is 1. The molecular formula is C24H32N2O5S. The van der Waals surface area contributed by atoms with Crippen LogP contribution in [-0.2, 0) is 16.0 Å². The van der Waals surface area contributed by atoms with E-state index in [2.05, 4.69) is 18.0 Å². The summed E-state index contributed by atoms with van der Waals surface area (Å²) in [5.41, 5.74) is 1.15. The van der Waals surface area contributed by atoms with Crippen LogP contribution in [0, 0.1) is 0 Å². The Labute approximate surface area is 193 Å². The van der Waals surface area contributed by atoms with Crippen LogP contribution in [0.5, 0.6) is 11.5 Å². The summed E-state index contributed by atoms with van der Waals surface area (Å²) in [5, 5.41) is 12.2. The number of fused-ring (bicyclic) bond motifs is 1. The molecule has 174 valence electrons. The standard InChI is InChI=1S/C24H32N2O5S/c1-4-10-25(14-18(27)16-29-2)15-24(28)26-11-8-23-21(9-12-32-23)22(26)17-31-20-7-5-6-19(13-20)30-3/h4-7,9,12-13,18,22,27H,1,8,10-11,14-17H2,2-3H3. The number of aliphatic hydroxyl groups is 1. The number of hydrogen-bond acceptors (Lipinski definition) is 7. The zero-order valence-electron chi connectivity index (χ0n) is 18.7. The van der Waals surface area contributed by atoms with Gasteiger partial charge >= 0.3 is 0 Å². The van der Waals surface area contributed by atoms with E-state index in [-0.39, 0.29) is 25.1 Å². The number of benzene rings is 1. The van der Waals surface area contributed by atoms with E-state index in [4.69, 9.17) is 14.2 Å². The van der Waals surface area contributed by atoms with Gasteiger partial charge in [0, 0.05) is 37.7 Å². The number of rotatable bonds is 12. The van der Waals surface area contributed by atoms with E-state index in [0.717, 1.165) is 17.7 Å². The highest BCUT2D eigenvalue weighted by Crippen LogP contribution is 2.34. The molecule has 0 aliphatic carbocycles. The van der Waals surface area contributed by atoms with Crippen molar-refractivity contribution in [2.75, 3.05) is 53.6 Å². The highest BCUT2D eigenvalue weighted by atomic mass is 32.1. The van der Waals surface area contributed by atoms with Crippen molar-refractivity contribution in [3.05, 3.63) is 58.8 Å². The van der Waals surface area contributed by atoms with Crippen LogP contribution in [0.25, 0.3) is 0 Å². The van der Waals surface area contributed by atoms with Crippen LogP contribution in [0.2, 0.25) is 0 Å². The van der Waals surface area contributed by atoms with E-state index in [1.807, 2.05) is 34.1 Å². The first-order valence-electron chi connectivity index (χ1n) is 10.7. The predicted molar refractivity (Wildman–Crippen MR) is 125 cm³/mol. The third kappa shape index (κ3) is 6.32. The van der Waals surface area contributed by atoms with Crippen LogP contribution in [-0.4, -0.2) is 80.5 Å². The molecule has 8 heteroatoms. The van der Waals surface area contributed by atoms with Crippen molar-refractivity contribution in [3.8, 4) is 11.5 Å². The molecule has 0 bridgehead atoms. The number of carbonyl (C=O) groups excluding carboxylic acids is 1. The third-order valence-electron chi connectivity index (χ3n) is 5.44. The summed E-state index contributed by atoms with van der Waals surface area (Å²) < 4.78 is 16.4. The Balaban J connectivity index is 1.72. The lowest BCUT2D eigenvalue weighted by Gasteiger charge is -2.37. The molecule has 2 unspecified atom stereocenters. The Kier molecular flexibility index (Phi) is 9.11. The number of methoxy groups -OCH3 is 2. The van der Waals surface area contributed by atoms with Crippen LogP contribution in [0.15, 0.2) is 48.4 Å². The molecule has 2 heterocycles. The van der Waals surface area contributed by atoms with E-state index < -0.39 is 6.10 Å². The van der Waals surface area contributed by atoms with Gasteiger partial charge in [-0.1, -0.05) is 12.1 Å². The maximum atomic E-state index is 13.3. The summed E-state index contributed by atoms with van der Waals surface area (Å²) in [6, 6.07) is 9.39. The van der Waals surface area contributed by atoms with Gasteiger partial charge in [0.25, 0.3) is 0 Å². The average Bonchev–Trinajstić information content (AvgIpc) is 3.27. The molecule has 1 aliphatic rings. The molecule has 2 atom stereocenters. The van der Waals surface area contributed by atoms with Crippen molar-refractivity contribution in [2.24, 2.45) is 0 Å². The Hall–Kier alpha value is -2.39. The minimum absolute atomic E-state index is 0.00700. The quantitative estimate of drug-likeness (QED) is 0.491. The second-order valence-electron chi connectivity index (χ2n) is 7.73. The van der Waals surface area contributed by atoms with Crippen molar-refractivity contribution < 1.29 is 24.1 Å². The van der Waals surface area contributed by atoms with Crippen molar-refractivity contribution in [3.63, 3.8) is 0 Å². The molecule has 0 saturated carbocycles. The van der Waals surface area contributed by atoms with Gasteiger partial charge in [-0.25, -0.2) is 0 Å². The molecule has 0 spiro atoms. The van der Waals surface area contributed by atoms with Gasteiger partial charge < -0.3 is 24.2 Å². The molecule has 1 amide bonds. The highest BCUT2D eigenvalue weighted by Gasteiger charge is 2.33. The zero-order valence-corrected chi connectivity index (χ0v) is 19.6. The first kappa shape index (κ1) is 24.3. The van der Waals surface area contributed by atoms with Crippen molar-refractivity contribution in [2.45, 2.75) is 18.6 Å². The second-order valence-corrected chi connectivity index (χ2v) is 8.73. The Morgan fingerprint density at radius 1 is 1.38 bits per heavy atom. The third-order valence-corrected chi connectivity index (χ3v) is 6.43. The van der Waals surface area contributed by atoms with Crippen molar-refractivity contribution >= 4 is 17.2 Å². The van der Waals surface area contributed by atoms with Crippen LogP contribution in [0.3, 0.4) is 0 Å². The number of aliphatic hydroxyl groups excluding tert-OH is 1. The highest BCUT2D eigenvalue weighted by molar-refractivity contribution is 7.10. The first-order valence-corrected chi connectivity index (χ1v) is 11.6. The van der Waals surface area contributed by atoms with Crippen molar-refractivity contribution in [1.29, 1.82) is 0 Å². The van der Waals surface area contributed by atoms with E-state index in [0.29, 0.717) is 32.0 Å². The van der Waals surface area contributed by atoms with Gasteiger partial charge in [-0.2, -0.15) is 0 Å². The number of nitrogens with zero attached hydrogens (tertiary/aromatic N) is 2. The molecule has 32 heavy (non-hydrogen) atoms. The smallest absolute Gasteiger partial charge is 0.237 e. The van der Waals surface area contributed by atoms with Gasteiger partial charge in [0.05, 0.1) is 32.4 Å². The Bertz CT molecular complexity index is 887. The number of ether oxygens (including phenoxy) is 3. The molecular weight excluding hydrogens is 428 g/mol. The SMILES string of the molecule is C=CCN(CC(=O)N1CCc2sccc2C1COc1cccc(OC)c1)CC(O)COC. The molecule has 1 aliphatic heterocycles. The molecule has 0 radical (unpaired) electrons. The summed E-state index contributed by atoms with van der Waals surface area (Å²) in [6.07, 6.45) is 1.91. The average molecular weight is 461 g/mol. The van der Waals surface area contributed by atoms with Crippen LogP contribution in [0.4, 0.5) is 0 Å². The molecule has 1 aromatic carbocycles. The Morgan fingerprint density at radius 2 is 2.19 bits per heavy atom. The normalized spacial score (nSPS) is 16.5. The van der Waals surface area contributed by atoms with Gasteiger partial charge in [-0.3, -0.25) is 9.69 Å². The zero-order chi connectivity index (χ0) is 22.9. The molecule has 1 N–H and O–H groups in total. The fraction of sp³-hybridized carbons (Fsp3) is 0.458. The van der Waals surface area contributed by atoms with Crippen LogP contribution in [0.1, 0.15) is 16.5 Å². The van der Waals surface area contributed by atoms with Crippen molar-refractivity contribution in [1.82, 2.24) is 9.80 Å². The molecule has 2 aromatic rings. The number of thiophene rings is 1. The summed E-state index contributed by atoms with van der Waals surface area (Å²) in [6.45, 7) is 6.05. The summed E-state index contributed by atoms with van der Waals surface area (Å²) >= 11 is 1.72. The van der Waals surface area contributed by atoms with E-state index in [1.54, 1.807) is 31.6 Å². The maximum absolute atomic E-state index is 13.3. The predicted octanol–water partition coefficient (Wildman–Crippen LogP) is 2.76. The molecule has 7 nitrogen and oxygen atoms in total. The second kappa shape index (κ2) is 12.0. The lowest BCUT2D eigenvalue weighted by atomic mass is 10.0. The van der Waals surface area contributed by atoms with Gasteiger partial charge in [-0.05, 0) is 35.6 Å². The lowest BCUT2D eigenvalue weighted by Crippen LogP contribution is -2.48. The molecule has 0 saturated heterocycles. The summed E-state index contributed by atoms with van der Waals surface area (Å²) in [5.74, 6) is 1.44. The van der Waals surface area contributed by atoms with E-state index >= 15 is 0 Å². The molecule has 0 fully saturated rings. The van der Waals surface area contributed by atoms with Gasteiger partial charge in [0.1, 0.15) is 18.1 Å². The van der Waals surface area contributed by atoms with Gasteiger partial charge in [-0.15, -0.1) is 17.9 Å².